The van der Waals surface area contributed by atoms with Gasteiger partial charge in [0.15, 0.2) is 0 Å². The van der Waals surface area contributed by atoms with E-state index in [1.165, 1.54) is 0 Å². The van der Waals surface area contributed by atoms with Crippen molar-refractivity contribution in [1.82, 2.24) is 15.6 Å². The van der Waals surface area contributed by atoms with Crippen LogP contribution in [-0.2, 0) is 9.53 Å². The van der Waals surface area contributed by atoms with Gasteiger partial charge in [-0.2, -0.15) is 0 Å². The summed E-state index contributed by atoms with van der Waals surface area (Å²) in [6.45, 7) is 0.432. The SMILES string of the molecule is O=C(N[C@@H]1CC[C@@H](CCNC(=O)C2CC2)O[C@H]1CO)c1ccccn1. The number of nitrogens with one attached hydrogen (secondary N) is 2. The van der Waals surface area contributed by atoms with Crippen molar-refractivity contribution in [3.8, 4) is 0 Å². The van der Waals surface area contributed by atoms with Crippen LogP contribution in [0.4, 0.5) is 0 Å². The maximum absolute atomic E-state index is 12.2. The summed E-state index contributed by atoms with van der Waals surface area (Å²) in [5.74, 6) is 0.0847. The molecular formula is C18H25N3O4. The second kappa shape index (κ2) is 8.40. The van der Waals surface area contributed by atoms with E-state index in [4.69, 9.17) is 4.74 Å². The topological polar surface area (TPSA) is 101 Å². The Kier molecular flexibility index (Phi) is 5.99. The molecule has 3 N–H and O–H groups in total. The van der Waals surface area contributed by atoms with Gasteiger partial charge < -0.3 is 20.5 Å². The molecule has 0 radical (unpaired) electrons. The van der Waals surface area contributed by atoms with Gasteiger partial charge in [0.25, 0.3) is 5.91 Å². The van der Waals surface area contributed by atoms with Crippen LogP contribution in [0.2, 0.25) is 0 Å². The molecule has 1 saturated carbocycles. The molecule has 3 atom stereocenters. The quantitative estimate of drug-likeness (QED) is 0.672. The average molecular weight is 347 g/mol. The maximum Gasteiger partial charge on any atom is 0.270 e. The van der Waals surface area contributed by atoms with Gasteiger partial charge >= 0.3 is 0 Å². The van der Waals surface area contributed by atoms with Gasteiger partial charge in [-0.1, -0.05) is 6.07 Å². The smallest absolute Gasteiger partial charge is 0.270 e. The van der Waals surface area contributed by atoms with Crippen LogP contribution in [-0.4, -0.2) is 53.3 Å². The lowest BCUT2D eigenvalue weighted by Gasteiger charge is -2.36. The zero-order chi connectivity index (χ0) is 17.6. The highest BCUT2D eigenvalue weighted by molar-refractivity contribution is 5.92. The number of pyridine rings is 1. The minimum Gasteiger partial charge on any atom is -0.394 e. The molecule has 3 rings (SSSR count). The summed E-state index contributed by atoms with van der Waals surface area (Å²) in [6, 6.07) is 4.92. The first-order chi connectivity index (χ1) is 12.2. The van der Waals surface area contributed by atoms with Crippen molar-refractivity contribution in [1.29, 1.82) is 0 Å². The molecule has 1 saturated heterocycles. The Labute approximate surface area is 147 Å². The van der Waals surface area contributed by atoms with Crippen molar-refractivity contribution < 1.29 is 19.4 Å². The number of aliphatic hydroxyl groups is 1. The summed E-state index contributed by atoms with van der Waals surface area (Å²) in [4.78, 5) is 27.9. The number of rotatable bonds is 7. The largest absolute Gasteiger partial charge is 0.394 e. The molecule has 1 aromatic rings. The molecule has 2 aliphatic rings. The van der Waals surface area contributed by atoms with E-state index in [0.717, 1.165) is 32.1 Å². The molecule has 1 aliphatic carbocycles. The Bertz CT molecular complexity index is 591. The third-order valence-electron chi connectivity index (χ3n) is 4.72. The third kappa shape index (κ3) is 4.99. The number of aliphatic hydroxyl groups excluding tert-OH is 1. The average Bonchev–Trinajstić information content (AvgIpc) is 3.48. The van der Waals surface area contributed by atoms with Crippen molar-refractivity contribution in [2.24, 2.45) is 5.92 Å². The van der Waals surface area contributed by atoms with Crippen molar-refractivity contribution in [2.45, 2.75) is 50.4 Å². The molecule has 7 heteroatoms. The number of carbonyl (C=O) groups is 2. The fraction of sp³-hybridized carbons (Fsp3) is 0.611. The van der Waals surface area contributed by atoms with E-state index in [1.54, 1.807) is 24.4 Å². The molecule has 2 amide bonds. The van der Waals surface area contributed by atoms with Crippen molar-refractivity contribution in [3.05, 3.63) is 30.1 Å². The minimum atomic E-state index is -0.439. The number of nitrogens with zero attached hydrogens (tertiary/aromatic N) is 1. The minimum absolute atomic E-state index is 0.0142. The van der Waals surface area contributed by atoms with E-state index in [2.05, 4.69) is 15.6 Å². The fourth-order valence-corrected chi connectivity index (χ4v) is 3.09. The normalized spacial score (nSPS) is 26.0. The molecule has 0 bridgehead atoms. The molecule has 0 unspecified atom stereocenters. The fourth-order valence-electron chi connectivity index (χ4n) is 3.09. The van der Waals surface area contributed by atoms with Gasteiger partial charge in [0.05, 0.1) is 18.8 Å². The first-order valence-electron chi connectivity index (χ1n) is 8.93. The molecule has 1 aliphatic heterocycles. The van der Waals surface area contributed by atoms with Crippen molar-refractivity contribution in [3.63, 3.8) is 0 Å². The molecule has 7 nitrogen and oxygen atoms in total. The second-order valence-corrected chi connectivity index (χ2v) is 6.71. The van der Waals surface area contributed by atoms with Crippen LogP contribution >= 0.6 is 0 Å². The van der Waals surface area contributed by atoms with Gasteiger partial charge in [-0.15, -0.1) is 0 Å². The molecule has 25 heavy (non-hydrogen) atoms. The molecule has 0 spiro atoms. The van der Waals surface area contributed by atoms with Crippen molar-refractivity contribution in [2.75, 3.05) is 13.2 Å². The Morgan fingerprint density at radius 1 is 1.24 bits per heavy atom. The number of hydrogen-bond acceptors (Lipinski definition) is 5. The van der Waals surface area contributed by atoms with E-state index >= 15 is 0 Å². The zero-order valence-corrected chi connectivity index (χ0v) is 14.2. The predicted molar refractivity (Wildman–Crippen MR) is 90.8 cm³/mol. The maximum atomic E-state index is 12.2. The number of ether oxygens (including phenoxy) is 1. The van der Waals surface area contributed by atoms with Crippen LogP contribution in [0, 0.1) is 5.92 Å². The van der Waals surface area contributed by atoms with Gasteiger partial charge in [0, 0.05) is 18.7 Å². The first-order valence-corrected chi connectivity index (χ1v) is 8.93. The lowest BCUT2D eigenvalue weighted by Crippen LogP contribution is -2.51. The molecular weight excluding hydrogens is 322 g/mol. The summed E-state index contributed by atoms with van der Waals surface area (Å²) in [7, 11) is 0. The van der Waals surface area contributed by atoms with Gasteiger partial charge in [-0.25, -0.2) is 0 Å². The standard InChI is InChI=1S/C18H25N3O4/c22-11-16-14(21-18(24)15-3-1-2-9-19-15)7-6-13(25-16)8-10-20-17(23)12-4-5-12/h1-3,9,12-14,16,22H,4-8,10-11H2,(H,20,23)(H,21,24)/t13-,14+,16-/m0/s1. The van der Waals surface area contributed by atoms with Crippen LogP contribution in [0.25, 0.3) is 0 Å². The van der Waals surface area contributed by atoms with Crippen LogP contribution in [0.1, 0.15) is 42.6 Å². The lowest BCUT2D eigenvalue weighted by atomic mass is 9.97. The zero-order valence-electron chi connectivity index (χ0n) is 14.2. The van der Waals surface area contributed by atoms with Gasteiger partial charge in [-0.3, -0.25) is 14.6 Å². The highest BCUT2D eigenvalue weighted by Crippen LogP contribution is 2.28. The number of hydrogen-bond donors (Lipinski definition) is 3. The van der Waals surface area contributed by atoms with Crippen LogP contribution in [0.3, 0.4) is 0 Å². The van der Waals surface area contributed by atoms with E-state index in [9.17, 15) is 14.7 Å². The first kappa shape index (κ1) is 17.8. The highest BCUT2D eigenvalue weighted by Gasteiger charge is 2.33. The molecule has 2 fully saturated rings. The summed E-state index contributed by atoms with van der Waals surface area (Å²) in [5, 5.41) is 15.4. The number of aromatic nitrogens is 1. The summed E-state index contributed by atoms with van der Waals surface area (Å²) in [6.07, 6.45) is 5.34. The van der Waals surface area contributed by atoms with Gasteiger partial charge in [0.2, 0.25) is 5.91 Å². The van der Waals surface area contributed by atoms with Crippen LogP contribution in [0.5, 0.6) is 0 Å². The van der Waals surface area contributed by atoms with Crippen LogP contribution in [0.15, 0.2) is 24.4 Å². The number of carbonyl (C=O) groups excluding carboxylic acids is 2. The Hall–Kier alpha value is -1.99. The number of amides is 2. The monoisotopic (exact) mass is 347 g/mol. The molecule has 0 aromatic carbocycles. The molecule has 1 aromatic heterocycles. The predicted octanol–water partition coefficient (Wildman–Crippen LogP) is 0.636. The third-order valence-corrected chi connectivity index (χ3v) is 4.72. The van der Waals surface area contributed by atoms with Gasteiger partial charge in [-0.05, 0) is 44.2 Å². The van der Waals surface area contributed by atoms with E-state index in [1.807, 2.05) is 0 Å². The van der Waals surface area contributed by atoms with Crippen molar-refractivity contribution >= 4 is 11.8 Å². The lowest BCUT2D eigenvalue weighted by molar-refractivity contribution is -0.122. The van der Waals surface area contributed by atoms with Gasteiger partial charge in [0.1, 0.15) is 11.8 Å². The molecule has 136 valence electrons. The van der Waals surface area contributed by atoms with E-state index in [-0.39, 0.29) is 36.5 Å². The molecule has 2 heterocycles. The summed E-state index contributed by atoms with van der Waals surface area (Å²) >= 11 is 0. The second-order valence-electron chi connectivity index (χ2n) is 6.71. The Morgan fingerprint density at radius 2 is 2.08 bits per heavy atom. The highest BCUT2D eigenvalue weighted by atomic mass is 16.5. The Balaban J connectivity index is 1.44. The summed E-state index contributed by atoms with van der Waals surface area (Å²) < 4.78 is 5.91. The Morgan fingerprint density at radius 3 is 2.76 bits per heavy atom. The van der Waals surface area contributed by atoms with E-state index in [0.29, 0.717) is 12.2 Å². The van der Waals surface area contributed by atoms with E-state index < -0.39 is 6.10 Å². The summed E-state index contributed by atoms with van der Waals surface area (Å²) in [5.41, 5.74) is 0.351. The van der Waals surface area contributed by atoms with Crippen LogP contribution < -0.4 is 10.6 Å².